The maximum Gasteiger partial charge on any atom is 0.410 e. The molecule has 1 fully saturated rings. The first kappa shape index (κ1) is 27.2. The molecule has 0 radical (unpaired) electrons. The molecule has 2 aliphatic rings. The molecule has 3 heterocycles. The molecule has 3 aromatic rings. The van der Waals surface area contributed by atoms with Gasteiger partial charge in [0.25, 0.3) is 0 Å². The number of hydrogen-bond donors (Lipinski definition) is 1. The second-order valence-electron chi connectivity index (χ2n) is 11.3. The summed E-state index contributed by atoms with van der Waals surface area (Å²) in [5.74, 6) is 0.289. The molecule has 0 spiro atoms. The van der Waals surface area contributed by atoms with Crippen molar-refractivity contribution >= 4 is 39.4 Å². The molecule has 1 N–H and O–H groups in total. The predicted octanol–water partition coefficient (Wildman–Crippen LogP) is 5.84. The zero-order valence-corrected chi connectivity index (χ0v) is 23.5. The van der Waals surface area contributed by atoms with Gasteiger partial charge in [-0.1, -0.05) is 0 Å². The fraction of sp³-hybridized carbons (Fsp3) is 0.536. The van der Waals surface area contributed by atoms with E-state index < -0.39 is 11.4 Å². The number of hydrogen-bond acceptors (Lipinski definition) is 8. The highest BCUT2D eigenvalue weighted by molar-refractivity contribution is 7.19. The Kier molecular flexibility index (Phi) is 7.70. The quantitative estimate of drug-likeness (QED) is 0.407. The lowest BCUT2D eigenvalue weighted by Gasteiger charge is -2.35. The summed E-state index contributed by atoms with van der Waals surface area (Å²) in [5, 5.41) is 3.67. The summed E-state index contributed by atoms with van der Waals surface area (Å²) in [6.45, 7) is 5.60. The number of fused-ring (bicyclic) bond motifs is 3. The maximum absolute atomic E-state index is 13.2. The Labute approximate surface area is 231 Å². The van der Waals surface area contributed by atoms with E-state index in [9.17, 15) is 14.0 Å². The maximum atomic E-state index is 13.2. The SMILES string of the molecule is CN(C(=O)OC(C)(C)C)C1CCC(Oc2ncnc3sc4c(c23)C(CC(=O)Nc2ccc(F)cn2)CC4)CC1. The number of ether oxygens (including phenoxy) is 2. The van der Waals surface area contributed by atoms with Gasteiger partial charge >= 0.3 is 6.09 Å². The molecular formula is C28H34FN5O4S. The Balaban J connectivity index is 1.25. The Morgan fingerprint density at radius 3 is 2.59 bits per heavy atom. The molecule has 3 aromatic heterocycles. The number of anilines is 1. The number of aryl methyl sites for hydroxylation is 1. The Morgan fingerprint density at radius 1 is 1.13 bits per heavy atom. The second-order valence-corrected chi connectivity index (χ2v) is 12.4. The number of rotatable bonds is 6. The minimum Gasteiger partial charge on any atom is -0.474 e. The van der Waals surface area contributed by atoms with E-state index in [-0.39, 0.29) is 36.5 Å². The molecule has 0 bridgehead atoms. The van der Waals surface area contributed by atoms with Gasteiger partial charge in [0.15, 0.2) is 0 Å². The summed E-state index contributed by atoms with van der Waals surface area (Å²) in [5.41, 5.74) is 0.576. The van der Waals surface area contributed by atoms with Gasteiger partial charge in [-0.05, 0) is 82.9 Å². The zero-order valence-electron chi connectivity index (χ0n) is 22.7. The molecule has 1 saturated carbocycles. The van der Waals surface area contributed by atoms with Crippen molar-refractivity contribution in [3.8, 4) is 5.88 Å². The molecule has 39 heavy (non-hydrogen) atoms. The highest BCUT2D eigenvalue weighted by atomic mass is 32.1. The van der Waals surface area contributed by atoms with Crippen molar-refractivity contribution in [1.82, 2.24) is 19.9 Å². The van der Waals surface area contributed by atoms with E-state index in [1.807, 2.05) is 20.8 Å². The van der Waals surface area contributed by atoms with Crippen LogP contribution in [0.15, 0.2) is 24.7 Å². The number of nitrogens with zero attached hydrogens (tertiary/aromatic N) is 4. The van der Waals surface area contributed by atoms with Crippen molar-refractivity contribution in [1.29, 1.82) is 0 Å². The van der Waals surface area contributed by atoms with Crippen molar-refractivity contribution in [2.75, 3.05) is 12.4 Å². The molecule has 0 saturated heterocycles. The number of pyridine rings is 1. The lowest BCUT2D eigenvalue weighted by Crippen LogP contribution is -2.43. The summed E-state index contributed by atoms with van der Waals surface area (Å²) >= 11 is 1.64. The van der Waals surface area contributed by atoms with E-state index in [1.165, 1.54) is 23.3 Å². The van der Waals surface area contributed by atoms with Gasteiger partial charge in [-0.3, -0.25) is 4.79 Å². The Hall–Kier alpha value is -3.34. The van der Waals surface area contributed by atoms with Gasteiger partial charge < -0.3 is 19.7 Å². The Bertz CT molecular complexity index is 1350. The van der Waals surface area contributed by atoms with Crippen LogP contribution in [0.2, 0.25) is 0 Å². The van der Waals surface area contributed by atoms with Gasteiger partial charge in [0, 0.05) is 24.4 Å². The number of nitrogens with one attached hydrogen (secondary N) is 1. The number of aromatic nitrogens is 3. The van der Waals surface area contributed by atoms with Crippen LogP contribution in [0, 0.1) is 5.82 Å². The van der Waals surface area contributed by atoms with Gasteiger partial charge in [0.2, 0.25) is 11.8 Å². The summed E-state index contributed by atoms with van der Waals surface area (Å²) < 4.78 is 25.1. The van der Waals surface area contributed by atoms with Crippen molar-refractivity contribution in [2.45, 2.75) is 89.4 Å². The molecule has 5 rings (SSSR count). The highest BCUT2D eigenvalue weighted by Gasteiger charge is 2.34. The van der Waals surface area contributed by atoms with Gasteiger partial charge in [0.05, 0.1) is 11.6 Å². The molecule has 11 heteroatoms. The fourth-order valence-corrected chi connectivity index (χ4v) is 6.62. The van der Waals surface area contributed by atoms with Crippen molar-refractivity contribution < 1.29 is 23.5 Å². The van der Waals surface area contributed by atoms with Crippen molar-refractivity contribution in [3.63, 3.8) is 0 Å². The summed E-state index contributed by atoms with van der Waals surface area (Å²) in [6.07, 6.45) is 7.55. The summed E-state index contributed by atoms with van der Waals surface area (Å²) in [7, 11) is 1.80. The van der Waals surface area contributed by atoms with E-state index >= 15 is 0 Å². The van der Waals surface area contributed by atoms with Crippen LogP contribution in [0.25, 0.3) is 10.2 Å². The minimum atomic E-state index is -0.527. The van der Waals surface area contributed by atoms with E-state index in [0.29, 0.717) is 11.7 Å². The van der Waals surface area contributed by atoms with Gasteiger partial charge in [-0.2, -0.15) is 0 Å². The van der Waals surface area contributed by atoms with Crippen LogP contribution in [0.1, 0.15) is 75.7 Å². The number of carbonyl (C=O) groups is 2. The molecule has 0 aliphatic heterocycles. The lowest BCUT2D eigenvalue weighted by molar-refractivity contribution is -0.116. The number of halogens is 1. The third-order valence-electron chi connectivity index (χ3n) is 7.27. The van der Waals surface area contributed by atoms with Crippen LogP contribution >= 0.6 is 11.3 Å². The minimum absolute atomic E-state index is 0.0146. The largest absolute Gasteiger partial charge is 0.474 e. The van der Waals surface area contributed by atoms with Crippen molar-refractivity contribution in [3.05, 3.63) is 40.9 Å². The highest BCUT2D eigenvalue weighted by Crippen LogP contribution is 2.47. The summed E-state index contributed by atoms with van der Waals surface area (Å²) in [4.78, 5) is 42.0. The first-order valence-corrected chi connectivity index (χ1v) is 14.2. The topological polar surface area (TPSA) is 107 Å². The molecular weight excluding hydrogens is 521 g/mol. The van der Waals surface area contributed by atoms with E-state index in [1.54, 1.807) is 23.3 Å². The normalized spacial score (nSPS) is 20.9. The molecule has 208 valence electrons. The molecule has 2 aliphatic carbocycles. The Morgan fingerprint density at radius 2 is 1.90 bits per heavy atom. The monoisotopic (exact) mass is 555 g/mol. The van der Waals surface area contributed by atoms with Crippen LogP contribution in [-0.4, -0.2) is 56.6 Å². The average Bonchev–Trinajstić information content (AvgIpc) is 3.44. The zero-order chi connectivity index (χ0) is 27.7. The summed E-state index contributed by atoms with van der Waals surface area (Å²) in [6, 6.07) is 2.83. The van der Waals surface area contributed by atoms with Gasteiger partial charge in [-0.15, -0.1) is 11.3 Å². The van der Waals surface area contributed by atoms with Crippen molar-refractivity contribution in [2.24, 2.45) is 0 Å². The average molecular weight is 556 g/mol. The first-order chi connectivity index (χ1) is 18.6. The molecule has 2 amide bonds. The predicted molar refractivity (Wildman–Crippen MR) is 147 cm³/mol. The molecule has 0 aromatic carbocycles. The second kappa shape index (κ2) is 11.0. The van der Waals surface area contributed by atoms with Gasteiger partial charge in [0.1, 0.15) is 34.5 Å². The number of carbonyl (C=O) groups excluding carboxylic acids is 2. The first-order valence-electron chi connectivity index (χ1n) is 13.4. The van der Waals surface area contributed by atoms with E-state index in [0.717, 1.165) is 60.5 Å². The van der Waals surface area contributed by atoms with Crippen LogP contribution in [0.3, 0.4) is 0 Å². The number of thiophene rings is 1. The van der Waals surface area contributed by atoms with Crippen LogP contribution in [-0.2, 0) is 16.0 Å². The molecule has 1 unspecified atom stereocenters. The lowest BCUT2D eigenvalue weighted by atomic mass is 9.92. The smallest absolute Gasteiger partial charge is 0.410 e. The third kappa shape index (κ3) is 6.29. The molecule has 9 nitrogen and oxygen atoms in total. The van der Waals surface area contributed by atoms with Crippen LogP contribution < -0.4 is 10.1 Å². The van der Waals surface area contributed by atoms with Crippen LogP contribution in [0.4, 0.5) is 15.0 Å². The van der Waals surface area contributed by atoms with E-state index in [4.69, 9.17) is 9.47 Å². The van der Waals surface area contributed by atoms with Gasteiger partial charge in [-0.25, -0.2) is 24.1 Å². The molecule has 1 atom stereocenters. The fourth-order valence-electron chi connectivity index (χ4n) is 5.39. The standard InChI is InChI=1S/C28H34FN5O4S/c1-28(2,3)38-27(36)34(4)18-7-9-19(10-8-18)37-25-24-23-16(5-11-20(23)39-26(24)32-15-31-25)13-22(35)33-21-12-6-17(29)14-30-21/h6,12,14-16,18-19H,5,7-11,13H2,1-4H3,(H,30,33,35). The number of amides is 2. The van der Waals surface area contributed by atoms with Crippen LogP contribution in [0.5, 0.6) is 5.88 Å². The van der Waals surface area contributed by atoms with E-state index in [2.05, 4.69) is 20.3 Å². The third-order valence-corrected chi connectivity index (χ3v) is 8.45.